The first-order chi connectivity index (χ1) is 22.3. The minimum Gasteiger partial charge on any atom is -0.497 e. The van der Waals surface area contributed by atoms with Crippen molar-refractivity contribution >= 4 is 40.6 Å². The molecule has 0 fully saturated rings. The van der Waals surface area contributed by atoms with Crippen LogP contribution in [-0.2, 0) is 11.3 Å². The molecule has 2 amide bonds. The number of hydrogen-bond acceptors (Lipinski definition) is 8. The predicted octanol–water partition coefficient (Wildman–Crippen LogP) is 6.49. The van der Waals surface area contributed by atoms with Crippen LogP contribution in [-0.4, -0.2) is 50.2 Å². The number of ether oxygens (including phenoxy) is 1. The van der Waals surface area contributed by atoms with Gasteiger partial charge in [0.15, 0.2) is 11.0 Å². The van der Waals surface area contributed by atoms with Crippen molar-refractivity contribution in [1.29, 1.82) is 0 Å². The van der Waals surface area contributed by atoms with E-state index in [4.69, 9.17) is 9.84 Å². The number of methoxy groups -OCH3 is 1. The molecule has 234 valence electrons. The molecule has 5 aromatic rings. The van der Waals surface area contributed by atoms with Crippen LogP contribution in [0.3, 0.4) is 0 Å². The standard InChI is InChI=1S/C34H31FN6O3S2/c1-21-9-10-22(2)28(16-21)40-31(19-36-33(43)24-6-4-7-25(35)17-24)37-38-34(40)46-20-32(42)41-29(23-11-13-26(44-3)14-12-23)18-27(39-41)30-8-5-15-45-30/h4-17,29H,18-20H2,1-3H3,(H,36,43)/t29-/m0/s1. The first-order valence-electron chi connectivity index (χ1n) is 14.6. The largest absolute Gasteiger partial charge is 0.497 e. The number of rotatable bonds is 10. The van der Waals surface area contributed by atoms with Crippen molar-refractivity contribution in [3.05, 3.63) is 123 Å². The summed E-state index contributed by atoms with van der Waals surface area (Å²) in [7, 11) is 1.62. The maximum Gasteiger partial charge on any atom is 0.253 e. The molecule has 1 aliphatic heterocycles. The minimum atomic E-state index is -0.492. The van der Waals surface area contributed by atoms with E-state index < -0.39 is 11.7 Å². The maximum absolute atomic E-state index is 13.8. The van der Waals surface area contributed by atoms with Crippen LogP contribution in [0.15, 0.2) is 94.5 Å². The van der Waals surface area contributed by atoms with E-state index in [9.17, 15) is 14.0 Å². The fourth-order valence-electron chi connectivity index (χ4n) is 5.21. The zero-order chi connectivity index (χ0) is 32.2. The lowest BCUT2D eigenvalue weighted by Crippen LogP contribution is -2.28. The SMILES string of the molecule is COc1ccc([C@@H]2CC(c3cccs3)=NN2C(=O)CSc2nnc(CNC(=O)c3cccc(F)c3)n2-c2cc(C)ccc2C)cc1. The molecule has 12 heteroatoms. The first kappa shape index (κ1) is 31.2. The summed E-state index contributed by atoms with van der Waals surface area (Å²) < 4.78 is 20.9. The zero-order valence-corrected chi connectivity index (χ0v) is 27.1. The number of hydrazone groups is 1. The number of halogens is 1. The Morgan fingerprint density at radius 2 is 1.87 bits per heavy atom. The fourth-order valence-corrected chi connectivity index (χ4v) is 6.75. The summed E-state index contributed by atoms with van der Waals surface area (Å²) in [6.07, 6.45) is 0.594. The lowest BCUT2D eigenvalue weighted by atomic mass is 10.0. The van der Waals surface area contributed by atoms with Gasteiger partial charge in [0.1, 0.15) is 11.6 Å². The average molecular weight is 655 g/mol. The molecule has 0 saturated heterocycles. The van der Waals surface area contributed by atoms with Crippen molar-refractivity contribution in [3.63, 3.8) is 0 Å². The van der Waals surface area contributed by atoms with E-state index in [1.54, 1.807) is 29.5 Å². The van der Waals surface area contributed by atoms with Gasteiger partial charge in [0.2, 0.25) is 0 Å². The molecule has 3 aromatic carbocycles. The number of amides is 2. The highest BCUT2D eigenvalue weighted by Crippen LogP contribution is 2.35. The van der Waals surface area contributed by atoms with Crippen molar-refractivity contribution < 1.29 is 18.7 Å². The van der Waals surface area contributed by atoms with Crippen molar-refractivity contribution in [1.82, 2.24) is 25.1 Å². The molecule has 9 nitrogen and oxygen atoms in total. The second-order valence-electron chi connectivity index (χ2n) is 10.8. The first-order valence-corrected chi connectivity index (χ1v) is 16.4. The van der Waals surface area contributed by atoms with Crippen molar-refractivity contribution in [2.45, 2.75) is 38.0 Å². The Kier molecular flexibility index (Phi) is 9.27. The quantitative estimate of drug-likeness (QED) is 0.173. The van der Waals surface area contributed by atoms with Crippen LogP contribution >= 0.6 is 23.1 Å². The Bertz CT molecular complexity index is 1910. The van der Waals surface area contributed by atoms with E-state index in [-0.39, 0.29) is 29.8 Å². The third-order valence-corrected chi connectivity index (χ3v) is 9.43. The van der Waals surface area contributed by atoms with Gasteiger partial charge in [-0.25, -0.2) is 9.40 Å². The Labute approximate surface area is 274 Å². The van der Waals surface area contributed by atoms with Crippen molar-refractivity contribution in [3.8, 4) is 11.4 Å². The number of carbonyl (C=O) groups excluding carboxylic acids is 2. The van der Waals surface area contributed by atoms with Gasteiger partial charge in [0.05, 0.1) is 41.7 Å². The van der Waals surface area contributed by atoms with Gasteiger partial charge in [-0.05, 0) is 78.4 Å². The van der Waals surface area contributed by atoms with Gasteiger partial charge in [-0.15, -0.1) is 21.5 Å². The number of nitrogens with one attached hydrogen (secondary N) is 1. The summed E-state index contributed by atoms with van der Waals surface area (Å²) in [5.41, 5.74) is 4.88. The predicted molar refractivity (Wildman–Crippen MR) is 177 cm³/mol. The lowest BCUT2D eigenvalue weighted by molar-refractivity contribution is -0.130. The number of carbonyl (C=O) groups is 2. The summed E-state index contributed by atoms with van der Waals surface area (Å²) in [6, 6.07) is 23.0. The molecule has 46 heavy (non-hydrogen) atoms. The molecule has 2 aromatic heterocycles. The fraction of sp³-hybridized carbons (Fsp3) is 0.206. The van der Waals surface area contributed by atoms with Crippen LogP contribution < -0.4 is 10.1 Å². The van der Waals surface area contributed by atoms with Crippen LogP contribution in [0.4, 0.5) is 4.39 Å². The van der Waals surface area contributed by atoms with E-state index in [2.05, 4.69) is 15.5 Å². The summed E-state index contributed by atoms with van der Waals surface area (Å²) in [4.78, 5) is 27.7. The summed E-state index contributed by atoms with van der Waals surface area (Å²) >= 11 is 2.85. The summed E-state index contributed by atoms with van der Waals surface area (Å²) in [6.45, 7) is 4.02. The highest BCUT2D eigenvalue weighted by Gasteiger charge is 2.34. The Morgan fingerprint density at radius 3 is 2.61 bits per heavy atom. The van der Waals surface area contributed by atoms with Gasteiger partial charge in [-0.3, -0.25) is 14.2 Å². The molecule has 1 N–H and O–H groups in total. The van der Waals surface area contributed by atoms with Gasteiger partial charge >= 0.3 is 0 Å². The molecule has 1 aliphatic rings. The van der Waals surface area contributed by atoms with E-state index in [0.717, 1.165) is 38.7 Å². The smallest absolute Gasteiger partial charge is 0.253 e. The molecule has 3 heterocycles. The number of thioether (sulfide) groups is 1. The summed E-state index contributed by atoms with van der Waals surface area (Å²) in [5.74, 6) is 0.179. The highest BCUT2D eigenvalue weighted by molar-refractivity contribution is 7.99. The Morgan fingerprint density at radius 1 is 1.04 bits per heavy atom. The monoisotopic (exact) mass is 654 g/mol. The molecule has 0 bridgehead atoms. The van der Waals surface area contributed by atoms with Crippen LogP contribution in [0.2, 0.25) is 0 Å². The van der Waals surface area contributed by atoms with Crippen LogP contribution in [0.25, 0.3) is 5.69 Å². The molecular weight excluding hydrogens is 624 g/mol. The summed E-state index contributed by atoms with van der Waals surface area (Å²) in [5, 5.41) is 20.5. The normalized spacial score (nSPS) is 14.3. The van der Waals surface area contributed by atoms with Gasteiger partial charge in [0, 0.05) is 12.0 Å². The number of benzene rings is 3. The molecule has 6 rings (SSSR count). The second-order valence-corrected chi connectivity index (χ2v) is 12.7. The molecule has 0 radical (unpaired) electrons. The van der Waals surface area contributed by atoms with Gasteiger partial charge in [0.25, 0.3) is 11.8 Å². The van der Waals surface area contributed by atoms with E-state index in [1.807, 2.05) is 78.4 Å². The lowest BCUT2D eigenvalue weighted by Gasteiger charge is -2.22. The average Bonchev–Trinajstić information content (AvgIpc) is 3.84. The Balaban J connectivity index is 1.26. The van der Waals surface area contributed by atoms with Crippen molar-refractivity contribution in [2.24, 2.45) is 5.10 Å². The van der Waals surface area contributed by atoms with Crippen LogP contribution in [0.1, 0.15) is 50.2 Å². The van der Waals surface area contributed by atoms with Crippen LogP contribution in [0, 0.1) is 19.7 Å². The maximum atomic E-state index is 13.8. The van der Waals surface area contributed by atoms with E-state index in [0.29, 0.717) is 17.4 Å². The molecule has 0 spiro atoms. The molecule has 1 atom stereocenters. The zero-order valence-electron chi connectivity index (χ0n) is 25.4. The van der Waals surface area contributed by atoms with Gasteiger partial charge in [-0.2, -0.15) is 5.10 Å². The van der Waals surface area contributed by atoms with Gasteiger partial charge < -0.3 is 10.1 Å². The molecular formula is C34H31FN6O3S2. The third-order valence-electron chi connectivity index (χ3n) is 7.60. The minimum absolute atomic E-state index is 0.0460. The third kappa shape index (κ3) is 6.73. The van der Waals surface area contributed by atoms with Crippen molar-refractivity contribution in [2.75, 3.05) is 12.9 Å². The molecule has 0 aliphatic carbocycles. The van der Waals surface area contributed by atoms with Crippen LogP contribution in [0.5, 0.6) is 5.75 Å². The number of aryl methyl sites for hydroxylation is 2. The van der Waals surface area contributed by atoms with E-state index in [1.165, 1.54) is 30.0 Å². The number of thiophene rings is 1. The second kappa shape index (κ2) is 13.7. The Hall–Kier alpha value is -4.81. The molecule has 0 saturated carbocycles. The molecule has 0 unspecified atom stereocenters. The number of hydrogen-bond donors (Lipinski definition) is 1. The highest BCUT2D eigenvalue weighted by atomic mass is 32.2. The number of aromatic nitrogens is 3. The van der Waals surface area contributed by atoms with E-state index >= 15 is 0 Å². The topological polar surface area (TPSA) is 102 Å². The number of nitrogens with zero attached hydrogens (tertiary/aromatic N) is 5. The van der Waals surface area contributed by atoms with Gasteiger partial charge in [-0.1, -0.05) is 48.2 Å².